The number of amidine groups is 1. The number of piperazine rings is 1. The Hall–Kier alpha value is -3.35. The van der Waals surface area contributed by atoms with Crippen LogP contribution in [-0.2, 0) is 17.9 Å². The minimum atomic E-state index is -0.176. The van der Waals surface area contributed by atoms with Crippen LogP contribution in [0.25, 0.3) is 6.08 Å². The van der Waals surface area contributed by atoms with Gasteiger partial charge in [-0.2, -0.15) is 4.99 Å². The van der Waals surface area contributed by atoms with E-state index in [2.05, 4.69) is 39.1 Å². The van der Waals surface area contributed by atoms with Crippen LogP contribution in [0.4, 0.5) is 0 Å². The molecule has 2 aliphatic heterocycles. The fourth-order valence-electron chi connectivity index (χ4n) is 4.08. The van der Waals surface area contributed by atoms with Crippen molar-refractivity contribution in [2.45, 2.75) is 13.2 Å². The number of carbonyl (C=O) groups excluding carboxylic acids is 1. The summed E-state index contributed by atoms with van der Waals surface area (Å²) in [5.74, 6) is 0.583. The van der Waals surface area contributed by atoms with E-state index in [1.807, 2.05) is 66.7 Å². The predicted octanol–water partition coefficient (Wildman–Crippen LogP) is 5.05. The molecule has 0 unspecified atom stereocenters. The van der Waals surface area contributed by atoms with Gasteiger partial charge in [0.1, 0.15) is 12.4 Å². The fourth-order valence-corrected chi connectivity index (χ4v) is 5.04. The molecule has 0 N–H and O–H groups in total. The van der Waals surface area contributed by atoms with E-state index in [0.717, 1.165) is 54.8 Å². The Balaban J connectivity index is 1.20. The minimum absolute atomic E-state index is 0.176. The first-order chi connectivity index (χ1) is 16.7. The quantitative estimate of drug-likeness (QED) is 0.473. The summed E-state index contributed by atoms with van der Waals surface area (Å²) in [6.45, 7) is 5.09. The van der Waals surface area contributed by atoms with Gasteiger partial charge in [-0.15, -0.1) is 0 Å². The standard InChI is InChI=1S/C28H27N3O2S/c32-27-26(19-24-13-7-8-14-25(24)33-21-23-11-5-2-6-12-23)34-28(29-27)31-17-15-30(16-18-31)20-22-9-3-1-4-10-22/h1-14,19H,15-18,20-21H2/b26-19+. The van der Waals surface area contributed by atoms with Crippen molar-refractivity contribution in [2.75, 3.05) is 26.2 Å². The molecular weight excluding hydrogens is 442 g/mol. The highest BCUT2D eigenvalue weighted by atomic mass is 32.2. The molecule has 2 aliphatic rings. The maximum absolute atomic E-state index is 12.7. The zero-order chi connectivity index (χ0) is 23.2. The molecule has 0 aliphatic carbocycles. The van der Waals surface area contributed by atoms with Crippen molar-refractivity contribution in [1.82, 2.24) is 9.80 Å². The van der Waals surface area contributed by atoms with E-state index >= 15 is 0 Å². The van der Waals surface area contributed by atoms with E-state index in [0.29, 0.717) is 11.5 Å². The van der Waals surface area contributed by atoms with E-state index < -0.39 is 0 Å². The monoisotopic (exact) mass is 469 g/mol. The van der Waals surface area contributed by atoms with Crippen LogP contribution < -0.4 is 4.74 Å². The van der Waals surface area contributed by atoms with Crippen molar-refractivity contribution in [1.29, 1.82) is 0 Å². The molecule has 1 fully saturated rings. The molecule has 2 heterocycles. The van der Waals surface area contributed by atoms with Crippen LogP contribution in [0, 0.1) is 0 Å². The molecule has 1 saturated heterocycles. The topological polar surface area (TPSA) is 45.1 Å². The van der Waals surface area contributed by atoms with Crippen molar-refractivity contribution in [3.63, 3.8) is 0 Å². The van der Waals surface area contributed by atoms with Crippen molar-refractivity contribution in [3.05, 3.63) is 107 Å². The number of ether oxygens (including phenoxy) is 1. The molecule has 0 saturated carbocycles. The predicted molar refractivity (Wildman–Crippen MR) is 139 cm³/mol. The highest BCUT2D eigenvalue weighted by Crippen LogP contribution is 2.33. The first-order valence-electron chi connectivity index (χ1n) is 11.5. The molecule has 5 rings (SSSR count). The number of hydrogen-bond donors (Lipinski definition) is 0. The molecule has 0 bridgehead atoms. The molecule has 1 amide bonds. The summed E-state index contributed by atoms with van der Waals surface area (Å²) in [7, 11) is 0. The van der Waals surface area contributed by atoms with E-state index in [1.54, 1.807) is 0 Å². The number of benzene rings is 3. The van der Waals surface area contributed by atoms with Gasteiger partial charge < -0.3 is 9.64 Å². The largest absolute Gasteiger partial charge is 0.488 e. The molecule has 3 aromatic rings. The molecule has 0 aromatic heterocycles. The molecule has 0 radical (unpaired) electrons. The number of hydrogen-bond acceptors (Lipinski definition) is 5. The zero-order valence-corrected chi connectivity index (χ0v) is 19.8. The van der Waals surface area contributed by atoms with Crippen LogP contribution in [0.5, 0.6) is 5.75 Å². The number of rotatable bonds is 6. The fraction of sp³-hybridized carbons (Fsp3) is 0.214. The first-order valence-corrected chi connectivity index (χ1v) is 12.4. The van der Waals surface area contributed by atoms with Gasteiger partial charge >= 0.3 is 0 Å². The summed E-state index contributed by atoms with van der Waals surface area (Å²) in [6.07, 6.45) is 1.90. The minimum Gasteiger partial charge on any atom is -0.488 e. The second-order valence-corrected chi connectivity index (χ2v) is 9.38. The molecule has 34 heavy (non-hydrogen) atoms. The van der Waals surface area contributed by atoms with Crippen molar-refractivity contribution < 1.29 is 9.53 Å². The number of amides is 1. The van der Waals surface area contributed by atoms with Crippen LogP contribution in [-0.4, -0.2) is 47.1 Å². The molecular formula is C28H27N3O2S. The van der Waals surface area contributed by atoms with Gasteiger partial charge in [-0.1, -0.05) is 78.9 Å². The van der Waals surface area contributed by atoms with E-state index in [4.69, 9.17) is 4.74 Å². The lowest BCUT2D eigenvalue weighted by molar-refractivity contribution is -0.113. The highest BCUT2D eigenvalue weighted by molar-refractivity contribution is 8.18. The van der Waals surface area contributed by atoms with Gasteiger partial charge in [0.2, 0.25) is 0 Å². The zero-order valence-electron chi connectivity index (χ0n) is 19.0. The third kappa shape index (κ3) is 5.58. The van der Waals surface area contributed by atoms with Crippen LogP contribution in [0.1, 0.15) is 16.7 Å². The van der Waals surface area contributed by atoms with Crippen LogP contribution in [0.3, 0.4) is 0 Å². The van der Waals surface area contributed by atoms with Gasteiger partial charge in [0.15, 0.2) is 5.17 Å². The molecule has 0 spiro atoms. The van der Waals surface area contributed by atoms with Gasteiger partial charge in [-0.05, 0) is 35.0 Å². The van der Waals surface area contributed by atoms with Gasteiger partial charge in [-0.25, -0.2) is 0 Å². The van der Waals surface area contributed by atoms with Gasteiger partial charge in [0, 0.05) is 38.3 Å². The molecule has 3 aromatic carbocycles. The van der Waals surface area contributed by atoms with Crippen LogP contribution in [0.15, 0.2) is 94.8 Å². The average Bonchev–Trinajstić information content (AvgIpc) is 3.25. The number of carbonyl (C=O) groups is 1. The van der Waals surface area contributed by atoms with Gasteiger partial charge in [-0.3, -0.25) is 9.69 Å². The summed E-state index contributed by atoms with van der Waals surface area (Å²) in [5.41, 5.74) is 3.32. The lowest BCUT2D eigenvalue weighted by atomic mass is 10.2. The third-order valence-electron chi connectivity index (χ3n) is 5.94. The summed E-state index contributed by atoms with van der Waals surface area (Å²) < 4.78 is 6.05. The van der Waals surface area contributed by atoms with E-state index in [9.17, 15) is 4.79 Å². The lowest BCUT2D eigenvalue weighted by Gasteiger charge is -2.35. The second kappa shape index (κ2) is 10.7. The molecule has 6 heteroatoms. The Labute approximate surface area is 204 Å². The first kappa shape index (κ1) is 22.4. The van der Waals surface area contributed by atoms with Crippen molar-refractivity contribution >= 4 is 28.9 Å². The summed E-state index contributed by atoms with van der Waals surface area (Å²) in [5, 5.41) is 0.804. The van der Waals surface area contributed by atoms with Crippen LogP contribution in [0.2, 0.25) is 0 Å². The number of para-hydroxylation sites is 1. The van der Waals surface area contributed by atoms with Gasteiger partial charge in [0.25, 0.3) is 5.91 Å². The smallest absolute Gasteiger partial charge is 0.286 e. The third-order valence-corrected chi connectivity index (χ3v) is 6.99. The van der Waals surface area contributed by atoms with E-state index in [1.165, 1.54) is 17.3 Å². The number of nitrogens with zero attached hydrogens (tertiary/aromatic N) is 3. The Morgan fingerprint density at radius 1 is 0.824 bits per heavy atom. The normalized spacial score (nSPS) is 17.8. The Morgan fingerprint density at radius 3 is 2.21 bits per heavy atom. The Morgan fingerprint density at radius 2 is 1.47 bits per heavy atom. The summed E-state index contributed by atoms with van der Waals surface area (Å²) in [6, 6.07) is 28.4. The number of thioether (sulfide) groups is 1. The maximum Gasteiger partial charge on any atom is 0.286 e. The highest BCUT2D eigenvalue weighted by Gasteiger charge is 2.28. The molecule has 172 valence electrons. The van der Waals surface area contributed by atoms with Crippen molar-refractivity contribution in [2.24, 2.45) is 4.99 Å². The maximum atomic E-state index is 12.7. The van der Waals surface area contributed by atoms with Crippen LogP contribution >= 0.6 is 11.8 Å². The second-order valence-electron chi connectivity index (χ2n) is 8.37. The Kier molecular flexibility index (Phi) is 7.08. The SMILES string of the molecule is O=C1N=C(N2CCN(Cc3ccccc3)CC2)S/C1=C/c1ccccc1OCc1ccccc1. The molecule has 5 nitrogen and oxygen atoms in total. The average molecular weight is 470 g/mol. The molecule has 0 atom stereocenters. The summed E-state index contributed by atoms with van der Waals surface area (Å²) in [4.78, 5) is 22.3. The summed E-state index contributed by atoms with van der Waals surface area (Å²) >= 11 is 1.46. The van der Waals surface area contributed by atoms with E-state index in [-0.39, 0.29) is 5.91 Å². The number of aliphatic imine (C=N–C) groups is 1. The lowest BCUT2D eigenvalue weighted by Crippen LogP contribution is -2.47. The Bertz CT molecular complexity index is 1190. The van der Waals surface area contributed by atoms with Gasteiger partial charge in [0.05, 0.1) is 4.91 Å². The van der Waals surface area contributed by atoms with Crippen molar-refractivity contribution in [3.8, 4) is 5.75 Å².